The highest BCUT2D eigenvalue weighted by molar-refractivity contribution is 7.92. The van der Waals surface area contributed by atoms with Gasteiger partial charge in [-0.2, -0.15) is 5.26 Å². The number of hydrogen-bond acceptors (Lipinski definition) is 4. The van der Waals surface area contributed by atoms with Crippen LogP contribution in [0.25, 0.3) is 0 Å². The van der Waals surface area contributed by atoms with Crippen LogP contribution in [0, 0.1) is 11.3 Å². The molecule has 0 aliphatic heterocycles. The summed E-state index contributed by atoms with van der Waals surface area (Å²) in [6.07, 6.45) is 1.68. The average molecular weight is 363 g/mol. The summed E-state index contributed by atoms with van der Waals surface area (Å²) in [7, 11) is -2.44. The summed E-state index contributed by atoms with van der Waals surface area (Å²) in [5, 5.41) is 9.51. The fourth-order valence-electron chi connectivity index (χ4n) is 2.52. The van der Waals surface area contributed by atoms with Gasteiger partial charge in [0, 0.05) is 10.7 Å². The van der Waals surface area contributed by atoms with Gasteiger partial charge in [-0.1, -0.05) is 23.7 Å². The summed E-state index contributed by atoms with van der Waals surface area (Å²) in [6.45, 7) is 0. The SMILES string of the molecule is COc1ccc(Cl)cc1S(=O)(=O)Nc1ccc(C2(C#N)CC2)cc1. The molecule has 5 nitrogen and oxygen atoms in total. The first kappa shape index (κ1) is 16.6. The minimum absolute atomic E-state index is 0.0303. The van der Waals surface area contributed by atoms with Crippen molar-refractivity contribution in [2.24, 2.45) is 0 Å². The third-order valence-corrected chi connectivity index (χ3v) is 5.71. The molecule has 0 bridgehead atoms. The van der Waals surface area contributed by atoms with Gasteiger partial charge < -0.3 is 4.74 Å². The minimum Gasteiger partial charge on any atom is -0.495 e. The van der Waals surface area contributed by atoms with E-state index in [1.807, 2.05) is 0 Å². The second kappa shape index (κ2) is 6.00. The Hall–Kier alpha value is -2.23. The van der Waals surface area contributed by atoms with Crippen LogP contribution in [0.5, 0.6) is 5.75 Å². The molecule has 124 valence electrons. The number of benzene rings is 2. The molecule has 1 fully saturated rings. The molecule has 0 amide bonds. The Morgan fingerprint density at radius 2 is 1.88 bits per heavy atom. The third-order valence-electron chi connectivity index (χ3n) is 4.07. The zero-order valence-corrected chi connectivity index (χ0v) is 14.5. The zero-order valence-electron chi connectivity index (χ0n) is 12.9. The Morgan fingerprint density at radius 1 is 1.21 bits per heavy atom. The van der Waals surface area contributed by atoms with Crippen LogP contribution in [0.15, 0.2) is 47.4 Å². The standard InChI is InChI=1S/C17H15ClN2O3S/c1-23-15-7-4-13(18)10-16(15)24(21,22)20-14-5-2-12(3-6-14)17(11-19)8-9-17/h2-7,10,20H,8-9H2,1H3. The van der Waals surface area contributed by atoms with E-state index in [4.69, 9.17) is 16.3 Å². The lowest BCUT2D eigenvalue weighted by atomic mass is 9.98. The number of methoxy groups -OCH3 is 1. The van der Waals surface area contributed by atoms with E-state index in [1.165, 1.54) is 19.2 Å². The van der Waals surface area contributed by atoms with Gasteiger partial charge in [-0.3, -0.25) is 4.72 Å². The highest BCUT2D eigenvalue weighted by Gasteiger charge is 2.44. The van der Waals surface area contributed by atoms with E-state index >= 15 is 0 Å². The Morgan fingerprint density at radius 3 is 2.42 bits per heavy atom. The van der Waals surface area contributed by atoms with Gasteiger partial charge in [-0.15, -0.1) is 0 Å². The van der Waals surface area contributed by atoms with Gasteiger partial charge in [-0.25, -0.2) is 8.42 Å². The molecule has 0 spiro atoms. The van der Waals surface area contributed by atoms with E-state index in [0.717, 1.165) is 18.4 Å². The van der Waals surface area contributed by atoms with Crippen molar-refractivity contribution in [2.75, 3.05) is 11.8 Å². The van der Waals surface area contributed by atoms with E-state index in [-0.39, 0.29) is 10.6 Å². The quantitative estimate of drug-likeness (QED) is 0.879. The van der Waals surface area contributed by atoms with Crippen LogP contribution in [-0.4, -0.2) is 15.5 Å². The summed E-state index contributed by atoms with van der Waals surface area (Å²) in [5.74, 6) is 0.213. The molecule has 0 atom stereocenters. The maximum atomic E-state index is 12.6. The molecule has 2 aromatic rings. The lowest BCUT2D eigenvalue weighted by Crippen LogP contribution is -2.14. The van der Waals surface area contributed by atoms with E-state index in [0.29, 0.717) is 10.7 Å². The topological polar surface area (TPSA) is 79.2 Å². The van der Waals surface area contributed by atoms with Crippen LogP contribution in [0.3, 0.4) is 0 Å². The lowest BCUT2D eigenvalue weighted by molar-refractivity contribution is 0.403. The average Bonchev–Trinajstić information content (AvgIpc) is 3.36. The monoisotopic (exact) mass is 362 g/mol. The summed E-state index contributed by atoms with van der Waals surface area (Å²) < 4.78 is 32.8. The Balaban J connectivity index is 1.88. The molecule has 1 aliphatic carbocycles. The van der Waals surface area contributed by atoms with Crippen molar-refractivity contribution in [2.45, 2.75) is 23.2 Å². The van der Waals surface area contributed by atoms with Crippen LogP contribution in [0.2, 0.25) is 5.02 Å². The second-order valence-corrected chi connectivity index (χ2v) is 7.76. The molecule has 1 aliphatic rings. The fourth-order valence-corrected chi connectivity index (χ4v) is 4.01. The van der Waals surface area contributed by atoms with Crippen molar-refractivity contribution in [1.82, 2.24) is 0 Å². The van der Waals surface area contributed by atoms with Crippen LogP contribution in [-0.2, 0) is 15.4 Å². The van der Waals surface area contributed by atoms with Crippen LogP contribution < -0.4 is 9.46 Å². The van der Waals surface area contributed by atoms with Gasteiger partial charge in [0.2, 0.25) is 0 Å². The molecule has 0 heterocycles. The lowest BCUT2D eigenvalue weighted by Gasteiger charge is -2.13. The highest BCUT2D eigenvalue weighted by atomic mass is 35.5. The van der Waals surface area contributed by atoms with Crippen molar-refractivity contribution in [1.29, 1.82) is 5.26 Å². The van der Waals surface area contributed by atoms with E-state index < -0.39 is 15.4 Å². The number of sulfonamides is 1. The van der Waals surface area contributed by atoms with Crippen LogP contribution >= 0.6 is 11.6 Å². The van der Waals surface area contributed by atoms with Gasteiger partial charge in [0.15, 0.2) is 0 Å². The van der Waals surface area contributed by atoms with Gasteiger partial charge in [0.25, 0.3) is 10.0 Å². The Bertz CT molecular complexity index is 914. The number of hydrogen-bond donors (Lipinski definition) is 1. The first-order valence-corrected chi connectivity index (χ1v) is 9.14. The van der Waals surface area contributed by atoms with Crippen molar-refractivity contribution in [3.63, 3.8) is 0 Å². The number of nitriles is 1. The molecular weight excluding hydrogens is 348 g/mol. The molecule has 24 heavy (non-hydrogen) atoms. The van der Waals surface area contributed by atoms with Crippen LogP contribution in [0.4, 0.5) is 5.69 Å². The maximum Gasteiger partial charge on any atom is 0.265 e. The van der Waals surface area contributed by atoms with Crippen molar-refractivity contribution in [3.8, 4) is 11.8 Å². The smallest absolute Gasteiger partial charge is 0.265 e. The van der Waals surface area contributed by atoms with Crippen molar-refractivity contribution in [3.05, 3.63) is 53.1 Å². The number of nitrogens with one attached hydrogen (secondary N) is 1. The summed E-state index contributed by atoms with van der Waals surface area (Å²) in [5.41, 5.74) is 0.927. The zero-order chi connectivity index (χ0) is 17.4. The van der Waals surface area contributed by atoms with E-state index in [2.05, 4.69) is 10.8 Å². The van der Waals surface area contributed by atoms with Crippen molar-refractivity contribution < 1.29 is 13.2 Å². The van der Waals surface area contributed by atoms with Crippen molar-refractivity contribution >= 4 is 27.3 Å². The summed E-state index contributed by atoms with van der Waals surface area (Å²) in [6, 6.07) is 13.6. The molecule has 0 unspecified atom stereocenters. The van der Waals surface area contributed by atoms with Gasteiger partial charge in [0.1, 0.15) is 10.6 Å². The summed E-state index contributed by atoms with van der Waals surface area (Å²) in [4.78, 5) is -0.0303. The molecule has 0 aromatic heterocycles. The summed E-state index contributed by atoms with van der Waals surface area (Å²) >= 11 is 5.90. The first-order chi connectivity index (χ1) is 11.4. The molecule has 1 N–H and O–H groups in total. The number of rotatable bonds is 5. The molecule has 0 radical (unpaired) electrons. The van der Waals surface area contributed by atoms with Gasteiger partial charge in [0.05, 0.1) is 18.6 Å². The minimum atomic E-state index is -3.84. The molecule has 2 aromatic carbocycles. The fraction of sp³-hybridized carbons (Fsp3) is 0.235. The predicted molar refractivity (Wildman–Crippen MR) is 91.8 cm³/mol. The molecule has 7 heteroatoms. The largest absolute Gasteiger partial charge is 0.495 e. The predicted octanol–water partition coefficient (Wildman–Crippen LogP) is 3.70. The number of nitrogens with zero attached hydrogens (tertiary/aromatic N) is 1. The number of halogens is 1. The molecule has 1 saturated carbocycles. The highest BCUT2D eigenvalue weighted by Crippen LogP contribution is 2.47. The first-order valence-electron chi connectivity index (χ1n) is 7.28. The Labute approximate surface area is 145 Å². The van der Waals surface area contributed by atoms with Crippen LogP contribution in [0.1, 0.15) is 18.4 Å². The molecule has 0 saturated heterocycles. The number of ether oxygens (including phenoxy) is 1. The Kier molecular flexibility index (Phi) is 4.16. The van der Waals surface area contributed by atoms with E-state index in [1.54, 1.807) is 30.3 Å². The maximum absolute atomic E-state index is 12.6. The molecular formula is C17H15ClN2O3S. The second-order valence-electron chi connectivity index (χ2n) is 5.67. The normalized spacial score (nSPS) is 15.4. The van der Waals surface area contributed by atoms with Gasteiger partial charge in [-0.05, 0) is 48.7 Å². The molecule has 3 rings (SSSR count). The van der Waals surface area contributed by atoms with Gasteiger partial charge >= 0.3 is 0 Å². The van der Waals surface area contributed by atoms with E-state index in [9.17, 15) is 13.7 Å². The number of anilines is 1. The third kappa shape index (κ3) is 3.05.